The molecule has 4 aromatic rings. The molecule has 1 saturated heterocycles. The largest absolute Gasteiger partial charge is 0.370 e. The van der Waals surface area contributed by atoms with E-state index in [9.17, 15) is 10.5 Å². The van der Waals surface area contributed by atoms with Gasteiger partial charge in [0.05, 0.1) is 41.7 Å². The Morgan fingerprint density at radius 1 is 1.20 bits per heavy atom. The Labute approximate surface area is 246 Å². The number of hydrogen-bond donors (Lipinski definition) is 0. The van der Waals surface area contributed by atoms with E-state index in [-0.39, 0.29) is 12.0 Å². The quantitative estimate of drug-likeness (QED) is 0.117. The van der Waals surface area contributed by atoms with Gasteiger partial charge in [-0.2, -0.15) is 15.6 Å². The topological polar surface area (TPSA) is 109 Å². The first-order chi connectivity index (χ1) is 19.8. The predicted octanol–water partition coefficient (Wildman–Crippen LogP) is 6.18. The number of nitrogens with zero attached hydrogens (tertiary/aromatic N) is 8. The summed E-state index contributed by atoms with van der Waals surface area (Å²) in [5.74, 6) is 0.228. The number of thioether (sulfide) groups is 1. The summed E-state index contributed by atoms with van der Waals surface area (Å²) >= 11 is 1.59. The molecule has 0 bridgehead atoms. The summed E-state index contributed by atoms with van der Waals surface area (Å²) in [6, 6.07) is 13.9. The molecule has 2 unspecified atom stereocenters. The lowest BCUT2D eigenvalue weighted by Gasteiger charge is -2.24. The minimum atomic E-state index is -1.14. The lowest BCUT2D eigenvalue weighted by Crippen LogP contribution is -2.25. The molecule has 1 aliphatic heterocycles. The van der Waals surface area contributed by atoms with Crippen LogP contribution >= 0.6 is 11.8 Å². The number of ether oxygens (including phenoxy) is 1. The summed E-state index contributed by atoms with van der Waals surface area (Å²) in [5.41, 5.74) is 4.23. The number of anilines is 1. The average molecular weight is 585 g/mol. The van der Waals surface area contributed by atoms with E-state index in [0.29, 0.717) is 13.2 Å². The van der Waals surface area contributed by atoms with Crippen molar-refractivity contribution in [2.45, 2.75) is 56.2 Å². The van der Waals surface area contributed by atoms with Gasteiger partial charge in [-0.3, -0.25) is 4.68 Å². The Morgan fingerprint density at radius 3 is 2.80 bits per heavy atom. The molecule has 0 amide bonds. The SMILES string of the molecule is CSc1cccc(N2CCC(C(CC#N)n3cc(-c4ncnc5c4ccn5COCC[Si](C)(C)C)cn3)C2)c1C#N. The summed E-state index contributed by atoms with van der Waals surface area (Å²) in [6.07, 6.45) is 10.7. The highest BCUT2D eigenvalue weighted by Gasteiger charge is 2.32. The van der Waals surface area contributed by atoms with Crippen LogP contribution in [0.5, 0.6) is 0 Å². The van der Waals surface area contributed by atoms with Gasteiger partial charge in [-0.15, -0.1) is 11.8 Å². The second-order valence-electron chi connectivity index (χ2n) is 11.7. The van der Waals surface area contributed by atoms with Crippen LogP contribution in [0, 0.1) is 28.6 Å². The van der Waals surface area contributed by atoms with E-state index in [4.69, 9.17) is 9.84 Å². The van der Waals surface area contributed by atoms with Gasteiger partial charge >= 0.3 is 0 Å². The molecule has 1 aromatic carbocycles. The first kappa shape index (κ1) is 28.9. The van der Waals surface area contributed by atoms with Gasteiger partial charge in [0.2, 0.25) is 0 Å². The van der Waals surface area contributed by atoms with E-state index in [1.165, 1.54) is 0 Å². The number of aromatic nitrogens is 5. The molecule has 41 heavy (non-hydrogen) atoms. The minimum absolute atomic E-state index is 0.0743. The van der Waals surface area contributed by atoms with Crippen LogP contribution < -0.4 is 4.90 Å². The molecular formula is C30H36N8OSSi. The second kappa shape index (κ2) is 12.5. The number of hydrogen-bond acceptors (Lipinski definition) is 8. The highest BCUT2D eigenvalue weighted by atomic mass is 32.2. The highest BCUT2D eigenvalue weighted by Crippen LogP contribution is 2.37. The van der Waals surface area contributed by atoms with Gasteiger partial charge in [0.25, 0.3) is 0 Å². The van der Waals surface area contributed by atoms with Crippen LogP contribution in [0.25, 0.3) is 22.3 Å². The molecule has 0 saturated carbocycles. The fourth-order valence-electron chi connectivity index (χ4n) is 5.48. The molecule has 9 nitrogen and oxygen atoms in total. The van der Waals surface area contributed by atoms with E-state index < -0.39 is 8.07 Å². The molecule has 4 heterocycles. The molecular weight excluding hydrogens is 549 g/mol. The van der Waals surface area contributed by atoms with Crippen molar-refractivity contribution >= 4 is 36.6 Å². The van der Waals surface area contributed by atoms with Crippen LogP contribution in [-0.4, -0.2) is 58.3 Å². The van der Waals surface area contributed by atoms with E-state index in [1.807, 2.05) is 58.4 Å². The first-order valence-corrected chi connectivity index (χ1v) is 18.9. The standard InChI is InChI=1S/C30H36N8OSSi/c1-40-28-7-5-6-27(25(28)16-32)36-12-9-22(18-36)26(8-11-31)38-19-23(17-35-38)29-24-10-13-37(30(24)34-20-33-29)21-39-14-15-41(2,3)4/h5-7,10,13,17,19-20,22,26H,8-9,12,14-15,18,21H2,1-4H3. The third kappa shape index (κ3) is 6.33. The van der Waals surface area contributed by atoms with E-state index >= 15 is 0 Å². The fraction of sp³-hybridized carbons (Fsp3) is 0.433. The van der Waals surface area contributed by atoms with E-state index in [2.05, 4.69) is 46.6 Å². The zero-order valence-electron chi connectivity index (χ0n) is 24.1. The summed E-state index contributed by atoms with van der Waals surface area (Å²) < 4.78 is 9.91. The third-order valence-electron chi connectivity index (χ3n) is 7.74. The lowest BCUT2D eigenvalue weighted by molar-refractivity contribution is 0.0899. The molecule has 0 aliphatic carbocycles. The fourth-order valence-corrected chi connectivity index (χ4v) is 6.80. The van der Waals surface area contributed by atoms with Gasteiger partial charge in [-0.1, -0.05) is 25.7 Å². The van der Waals surface area contributed by atoms with Crippen molar-refractivity contribution in [3.8, 4) is 23.4 Å². The molecule has 2 atom stereocenters. The first-order valence-electron chi connectivity index (χ1n) is 13.9. The lowest BCUT2D eigenvalue weighted by atomic mass is 9.96. The van der Waals surface area contributed by atoms with Crippen LogP contribution in [0.4, 0.5) is 5.69 Å². The second-order valence-corrected chi connectivity index (χ2v) is 18.2. The maximum atomic E-state index is 9.83. The Hall–Kier alpha value is -3.64. The van der Waals surface area contributed by atoms with Crippen molar-refractivity contribution in [1.82, 2.24) is 24.3 Å². The van der Waals surface area contributed by atoms with Gasteiger partial charge < -0.3 is 14.2 Å². The molecule has 5 rings (SSSR count). The monoisotopic (exact) mass is 584 g/mol. The maximum absolute atomic E-state index is 9.83. The maximum Gasteiger partial charge on any atom is 0.145 e. The molecule has 0 radical (unpaired) electrons. The van der Waals surface area contributed by atoms with Gasteiger partial charge in [0.15, 0.2) is 0 Å². The number of benzene rings is 1. The van der Waals surface area contributed by atoms with Crippen molar-refractivity contribution in [3.05, 3.63) is 54.7 Å². The zero-order valence-corrected chi connectivity index (χ0v) is 25.9. The molecule has 1 aliphatic rings. The summed E-state index contributed by atoms with van der Waals surface area (Å²) in [5, 5.41) is 25.2. The van der Waals surface area contributed by atoms with Crippen molar-refractivity contribution in [3.63, 3.8) is 0 Å². The number of fused-ring (bicyclic) bond motifs is 1. The van der Waals surface area contributed by atoms with Crippen LogP contribution in [0.3, 0.4) is 0 Å². The normalized spacial score (nSPS) is 16.1. The van der Waals surface area contributed by atoms with Crippen molar-refractivity contribution in [2.75, 3.05) is 30.9 Å². The van der Waals surface area contributed by atoms with Crippen molar-refractivity contribution < 1.29 is 4.74 Å². The van der Waals surface area contributed by atoms with Crippen LogP contribution in [0.15, 0.2) is 54.1 Å². The zero-order chi connectivity index (χ0) is 29.0. The molecule has 0 N–H and O–H groups in total. The molecule has 212 valence electrons. The Morgan fingerprint density at radius 2 is 2.05 bits per heavy atom. The van der Waals surface area contributed by atoms with Gasteiger partial charge in [0.1, 0.15) is 24.8 Å². The van der Waals surface area contributed by atoms with E-state index in [1.54, 1.807) is 18.1 Å². The van der Waals surface area contributed by atoms with Gasteiger partial charge in [-0.25, -0.2) is 9.97 Å². The predicted molar refractivity (Wildman–Crippen MR) is 165 cm³/mol. The number of rotatable bonds is 11. The van der Waals surface area contributed by atoms with Crippen LogP contribution in [0.2, 0.25) is 25.7 Å². The van der Waals surface area contributed by atoms with Gasteiger partial charge in [-0.05, 0) is 36.9 Å². The summed E-state index contributed by atoms with van der Waals surface area (Å²) in [6.45, 7) is 9.86. The van der Waals surface area contributed by atoms with Crippen LogP contribution in [-0.2, 0) is 11.5 Å². The van der Waals surface area contributed by atoms with Gasteiger partial charge in [0, 0.05) is 61.9 Å². The molecule has 11 heteroatoms. The third-order valence-corrected chi connectivity index (χ3v) is 10.2. The molecule has 1 fully saturated rings. The van der Waals surface area contributed by atoms with E-state index in [0.717, 1.165) is 70.6 Å². The van der Waals surface area contributed by atoms with Crippen molar-refractivity contribution in [1.29, 1.82) is 10.5 Å². The summed E-state index contributed by atoms with van der Waals surface area (Å²) in [7, 11) is -1.14. The Bertz CT molecular complexity index is 1590. The minimum Gasteiger partial charge on any atom is -0.370 e. The number of nitriles is 2. The highest BCUT2D eigenvalue weighted by molar-refractivity contribution is 7.98. The summed E-state index contributed by atoms with van der Waals surface area (Å²) in [4.78, 5) is 12.4. The molecule has 0 spiro atoms. The van der Waals surface area contributed by atoms with Crippen LogP contribution in [0.1, 0.15) is 24.4 Å². The average Bonchev–Trinajstić information content (AvgIpc) is 3.73. The Kier molecular flexibility index (Phi) is 8.79. The van der Waals surface area contributed by atoms with Crippen molar-refractivity contribution in [2.24, 2.45) is 5.92 Å². The Balaban J connectivity index is 1.34. The molecule has 3 aromatic heterocycles. The smallest absolute Gasteiger partial charge is 0.145 e.